The first-order valence-corrected chi connectivity index (χ1v) is 9.61. The summed E-state index contributed by atoms with van der Waals surface area (Å²) < 4.78 is 31.3. The Morgan fingerprint density at radius 3 is 2.04 bits per heavy atom. The van der Waals surface area contributed by atoms with E-state index in [-0.39, 0.29) is 4.90 Å². The molecular formula is C19H22O5S. The minimum absolute atomic E-state index is 0.213. The number of aliphatic hydroxyl groups excluding tert-OH is 2. The molecule has 1 fully saturated rings. The zero-order valence-corrected chi connectivity index (χ0v) is 15.0. The van der Waals surface area contributed by atoms with Gasteiger partial charge in [0.2, 0.25) is 0 Å². The highest BCUT2D eigenvalue weighted by Crippen LogP contribution is 2.63. The Bertz CT molecular complexity index is 836. The van der Waals surface area contributed by atoms with Crippen LogP contribution in [0, 0.1) is 12.3 Å². The Hall–Kier alpha value is -1.89. The Morgan fingerprint density at radius 2 is 1.56 bits per heavy atom. The molecule has 2 aromatic rings. The predicted octanol–water partition coefficient (Wildman–Crippen LogP) is 1.91. The van der Waals surface area contributed by atoms with Crippen LogP contribution in [0.4, 0.5) is 0 Å². The van der Waals surface area contributed by atoms with Crippen LogP contribution < -0.4 is 4.74 Å². The quantitative estimate of drug-likeness (QED) is 0.820. The molecule has 134 valence electrons. The first-order chi connectivity index (χ1) is 11.9. The zero-order chi connectivity index (χ0) is 18.2. The molecule has 0 spiro atoms. The van der Waals surface area contributed by atoms with Crippen LogP contribution in [0.3, 0.4) is 0 Å². The molecule has 2 aromatic carbocycles. The molecule has 5 nitrogen and oxygen atoms in total. The van der Waals surface area contributed by atoms with Gasteiger partial charge in [0.25, 0.3) is 0 Å². The number of aliphatic hydroxyl groups is 2. The maximum Gasteiger partial charge on any atom is 0.182 e. The fourth-order valence-electron chi connectivity index (χ4n) is 3.56. The number of ether oxygens (including phenoxy) is 1. The van der Waals surface area contributed by atoms with Gasteiger partial charge >= 0.3 is 0 Å². The van der Waals surface area contributed by atoms with Crippen molar-refractivity contribution in [1.82, 2.24) is 0 Å². The smallest absolute Gasteiger partial charge is 0.182 e. The van der Waals surface area contributed by atoms with E-state index in [1.807, 2.05) is 6.92 Å². The first kappa shape index (κ1) is 17.9. The van der Waals surface area contributed by atoms with Crippen molar-refractivity contribution in [2.45, 2.75) is 23.0 Å². The summed E-state index contributed by atoms with van der Waals surface area (Å²) in [6, 6.07) is 13.7. The minimum atomic E-state index is -3.68. The normalized spacial score (nSPS) is 21.8. The van der Waals surface area contributed by atoms with Crippen molar-refractivity contribution in [3.05, 3.63) is 59.7 Å². The fourth-order valence-corrected chi connectivity index (χ4v) is 5.99. The second-order valence-corrected chi connectivity index (χ2v) is 8.65. The van der Waals surface area contributed by atoms with Crippen LogP contribution in [0.25, 0.3) is 0 Å². The molecule has 0 aromatic heterocycles. The van der Waals surface area contributed by atoms with Crippen molar-refractivity contribution in [3.8, 4) is 5.75 Å². The third kappa shape index (κ3) is 2.84. The average Bonchev–Trinajstić information content (AvgIpc) is 3.33. The monoisotopic (exact) mass is 362 g/mol. The maximum atomic E-state index is 13.1. The molecule has 0 saturated heterocycles. The molecule has 3 rings (SSSR count). The molecule has 6 heteroatoms. The van der Waals surface area contributed by atoms with Gasteiger partial charge in [0, 0.05) is 11.3 Å². The van der Waals surface area contributed by atoms with Gasteiger partial charge in [-0.1, -0.05) is 29.8 Å². The molecule has 0 aliphatic heterocycles. The molecular weight excluding hydrogens is 340 g/mol. The van der Waals surface area contributed by atoms with Crippen LogP contribution in [0.1, 0.15) is 17.0 Å². The predicted molar refractivity (Wildman–Crippen MR) is 94.5 cm³/mol. The Balaban J connectivity index is 2.02. The molecule has 0 bridgehead atoms. The van der Waals surface area contributed by atoms with Gasteiger partial charge in [-0.15, -0.1) is 0 Å². The van der Waals surface area contributed by atoms with Crippen molar-refractivity contribution in [1.29, 1.82) is 0 Å². The topological polar surface area (TPSA) is 83.8 Å². The van der Waals surface area contributed by atoms with Crippen molar-refractivity contribution in [2.75, 3.05) is 20.3 Å². The van der Waals surface area contributed by atoms with Crippen LogP contribution in [0.15, 0.2) is 53.4 Å². The number of methoxy groups -OCH3 is 1. The van der Waals surface area contributed by atoms with E-state index in [0.717, 1.165) is 11.1 Å². The van der Waals surface area contributed by atoms with E-state index in [2.05, 4.69) is 0 Å². The van der Waals surface area contributed by atoms with Crippen LogP contribution in [-0.2, 0) is 9.84 Å². The second-order valence-electron chi connectivity index (χ2n) is 6.58. The minimum Gasteiger partial charge on any atom is -0.497 e. The maximum absolute atomic E-state index is 13.1. The lowest BCUT2D eigenvalue weighted by atomic mass is 10.0. The first-order valence-electron chi connectivity index (χ1n) is 8.07. The lowest BCUT2D eigenvalue weighted by Crippen LogP contribution is -2.23. The summed E-state index contributed by atoms with van der Waals surface area (Å²) in [6.45, 7) is 1.10. The Morgan fingerprint density at radius 1 is 1.00 bits per heavy atom. The van der Waals surface area contributed by atoms with Crippen molar-refractivity contribution in [3.63, 3.8) is 0 Å². The molecule has 1 aliphatic carbocycles. The van der Waals surface area contributed by atoms with Crippen molar-refractivity contribution < 1.29 is 23.4 Å². The summed E-state index contributed by atoms with van der Waals surface area (Å²) in [6.07, 6.45) is 0. The summed E-state index contributed by atoms with van der Waals surface area (Å²) >= 11 is 0. The average molecular weight is 362 g/mol. The van der Waals surface area contributed by atoms with Gasteiger partial charge in [-0.3, -0.25) is 0 Å². The zero-order valence-electron chi connectivity index (χ0n) is 14.2. The van der Waals surface area contributed by atoms with E-state index in [0.29, 0.717) is 5.75 Å². The molecule has 1 aliphatic rings. The number of aryl methyl sites for hydroxylation is 1. The SMILES string of the molecule is COc1ccc([C@H]2[C@@H](S(=O)(=O)c3ccc(C)cc3)C2(CO)CO)cc1. The molecule has 0 radical (unpaired) electrons. The van der Waals surface area contributed by atoms with Crippen LogP contribution in [0.2, 0.25) is 0 Å². The molecule has 0 unspecified atom stereocenters. The van der Waals surface area contributed by atoms with Crippen LogP contribution >= 0.6 is 0 Å². The van der Waals surface area contributed by atoms with E-state index in [4.69, 9.17) is 4.74 Å². The van der Waals surface area contributed by atoms with Gasteiger partial charge < -0.3 is 14.9 Å². The van der Waals surface area contributed by atoms with Gasteiger partial charge in [-0.05, 0) is 36.8 Å². The summed E-state index contributed by atoms with van der Waals surface area (Å²) in [5, 5.41) is 18.9. The molecule has 1 saturated carbocycles. The van der Waals surface area contributed by atoms with Crippen LogP contribution in [0.5, 0.6) is 5.75 Å². The van der Waals surface area contributed by atoms with E-state index in [9.17, 15) is 18.6 Å². The molecule has 0 heterocycles. The summed E-state index contributed by atoms with van der Waals surface area (Å²) in [5.41, 5.74) is 0.666. The fraction of sp³-hybridized carbons (Fsp3) is 0.368. The lowest BCUT2D eigenvalue weighted by molar-refractivity contribution is 0.130. The summed E-state index contributed by atoms with van der Waals surface area (Å²) in [7, 11) is -2.12. The number of rotatable bonds is 6. The third-order valence-electron chi connectivity index (χ3n) is 5.13. The number of hydrogen-bond donors (Lipinski definition) is 2. The van der Waals surface area contributed by atoms with E-state index in [1.54, 1.807) is 55.6 Å². The number of sulfone groups is 1. The number of hydrogen-bond acceptors (Lipinski definition) is 5. The standard InChI is InChI=1S/C19H22O5S/c1-13-3-9-16(10-4-13)25(22,23)18-17(19(18,11-20)12-21)14-5-7-15(24-2)8-6-14/h3-10,17-18,20-21H,11-12H2,1-2H3/t17-,18+/m0/s1. The van der Waals surface area contributed by atoms with Gasteiger partial charge in [0.15, 0.2) is 9.84 Å². The van der Waals surface area contributed by atoms with Gasteiger partial charge in [-0.2, -0.15) is 0 Å². The third-order valence-corrected chi connectivity index (χ3v) is 7.47. The summed E-state index contributed by atoms with van der Waals surface area (Å²) in [5.74, 6) is 0.209. The van der Waals surface area contributed by atoms with Crippen molar-refractivity contribution in [2.24, 2.45) is 5.41 Å². The van der Waals surface area contributed by atoms with Crippen molar-refractivity contribution >= 4 is 9.84 Å². The highest BCUT2D eigenvalue weighted by molar-refractivity contribution is 7.92. The van der Waals surface area contributed by atoms with Gasteiger partial charge in [0.1, 0.15) is 5.75 Å². The Labute approximate surface area is 147 Å². The second kappa shape index (κ2) is 6.44. The summed E-state index contributed by atoms with van der Waals surface area (Å²) in [4.78, 5) is 0.213. The lowest BCUT2D eigenvalue weighted by Gasteiger charge is -2.11. The number of benzene rings is 2. The molecule has 0 amide bonds. The highest BCUT2D eigenvalue weighted by Gasteiger charge is 2.70. The largest absolute Gasteiger partial charge is 0.497 e. The van der Waals surface area contributed by atoms with Crippen LogP contribution in [-0.4, -0.2) is 44.2 Å². The van der Waals surface area contributed by atoms with Gasteiger partial charge in [0.05, 0.1) is 30.5 Å². The molecule has 2 atom stereocenters. The Kier molecular flexibility index (Phi) is 4.62. The van der Waals surface area contributed by atoms with Gasteiger partial charge in [-0.25, -0.2) is 8.42 Å². The molecule has 2 N–H and O–H groups in total. The van der Waals surface area contributed by atoms with E-state index >= 15 is 0 Å². The molecule has 25 heavy (non-hydrogen) atoms. The van der Waals surface area contributed by atoms with E-state index < -0.39 is 39.6 Å². The highest BCUT2D eigenvalue weighted by atomic mass is 32.2. The van der Waals surface area contributed by atoms with E-state index in [1.165, 1.54) is 0 Å².